The van der Waals surface area contributed by atoms with Crippen molar-refractivity contribution in [2.45, 2.75) is 51.0 Å². The van der Waals surface area contributed by atoms with Crippen molar-refractivity contribution in [1.29, 1.82) is 0 Å². The summed E-state index contributed by atoms with van der Waals surface area (Å²) < 4.78 is 28.0. The van der Waals surface area contributed by atoms with Gasteiger partial charge in [-0.1, -0.05) is 52.8 Å². The minimum Gasteiger partial charge on any atom is -0.454 e. The number of esters is 1. The molecule has 2 aromatic rings. The van der Waals surface area contributed by atoms with Crippen LogP contribution in [0.5, 0.6) is 0 Å². The Morgan fingerprint density at radius 2 is 1.65 bits per heavy atom. The van der Waals surface area contributed by atoms with Gasteiger partial charge in [0.1, 0.15) is 6.04 Å². The molecule has 9 nitrogen and oxygen atoms in total. The maximum Gasteiger partial charge on any atom is 0.329 e. The smallest absolute Gasteiger partial charge is 0.329 e. The van der Waals surface area contributed by atoms with E-state index in [1.54, 1.807) is 26.0 Å². The second-order valence-corrected chi connectivity index (χ2v) is 10.8. The minimum absolute atomic E-state index is 0.0558. The molecule has 0 aromatic heterocycles. The molecule has 0 aliphatic carbocycles. The number of nitrogens with one attached hydrogen (secondary N) is 2. The van der Waals surface area contributed by atoms with Gasteiger partial charge in [0.2, 0.25) is 10.0 Å². The van der Waals surface area contributed by atoms with Gasteiger partial charge in [0.25, 0.3) is 11.8 Å². The van der Waals surface area contributed by atoms with Crippen LogP contribution in [-0.2, 0) is 29.8 Å². The van der Waals surface area contributed by atoms with Crippen LogP contribution in [0, 0.1) is 5.92 Å². The summed E-state index contributed by atoms with van der Waals surface area (Å²) in [6, 6.07) is 11.5. The molecular formula is C24H31N3O6S. The van der Waals surface area contributed by atoms with E-state index in [0.29, 0.717) is 5.56 Å². The lowest BCUT2D eigenvalue weighted by molar-refractivity contribution is -0.150. The molecule has 0 heterocycles. The second kappa shape index (κ2) is 10.8. The van der Waals surface area contributed by atoms with E-state index in [2.05, 4.69) is 31.4 Å². The monoisotopic (exact) mass is 489 g/mol. The molecule has 0 spiro atoms. The predicted octanol–water partition coefficient (Wildman–Crippen LogP) is 2.57. The number of amides is 2. The molecule has 0 bridgehead atoms. The lowest BCUT2D eigenvalue weighted by Crippen LogP contribution is -2.46. The maximum atomic E-state index is 12.7. The van der Waals surface area contributed by atoms with Crippen LogP contribution in [0.15, 0.2) is 53.4 Å². The third kappa shape index (κ3) is 7.67. The highest BCUT2D eigenvalue weighted by molar-refractivity contribution is 7.89. The molecule has 34 heavy (non-hydrogen) atoms. The lowest BCUT2D eigenvalue weighted by atomic mass is 9.86. The van der Waals surface area contributed by atoms with Crippen molar-refractivity contribution in [3.05, 3.63) is 59.7 Å². The van der Waals surface area contributed by atoms with Gasteiger partial charge in [0, 0.05) is 11.3 Å². The van der Waals surface area contributed by atoms with E-state index in [1.807, 2.05) is 12.1 Å². The fourth-order valence-electron chi connectivity index (χ4n) is 3.02. The summed E-state index contributed by atoms with van der Waals surface area (Å²) >= 11 is 0. The number of carbonyl (C=O) groups is 3. The van der Waals surface area contributed by atoms with E-state index in [1.165, 1.54) is 24.3 Å². The van der Waals surface area contributed by atoms with Crippen LogP contribution >= 0.6 is 0 Å². The molecule has 2 aromatic carbocycles. The van der Waals surface area contributed by atoms with Gasteiger partial charge < -0.3 is 15.4 Å². The van der Waals surface area contributed by atoms with Gasteiger partial charge in [0.15, 0.2) is 6.61 Å². The number of anilines is 1. The maximum absolute atomic E-state index is 12.7. The predicted molar refractivity (Wildman–Crippen MR) is 129 cm³/mol. The number of primary sulfonamides is 1. The number of rotatable bonds is 8. The molecule has 0 aliphatic rings. The molecular weight excluding hydrogens is 458 g/mol. The Labute approximate surface area is 200 Å². The van der Waals surface area contributed by atoms with Gasteiger partial charge >= 0.3 is 5.97 Å². The van der Waals surface area contributed by atoms with Crippen molar-refractivity contribution in [3.63, 3.8) is 0 Å². The number of ether oxygens (including phenoxy) is 1. The van der Waals surface area contributed by atoms with E-state index in [0.717, 1.165) is 5.56 Å². The first-order valence-corrected chi connectivity index (χ1v) is 12.2. The highest BCUT2D eigenvalue weighted by Crippen LogP contribution is 2.22. The molecule has 0 saturated carbocycles. The van der Waals surface area contributed by atoms with Gasteiger partial charge in [-0.25, -0.2) is 18.4 Å². The van der Waals surface area contributed by atoms with E-state index >= 15 is 0 Å². The summed E-state index contributed by atoms with van der Waals surface area (Å²) in [5, 5.41) is 10.2. The molecule has 2 amide bonds. The van der Waals surface area contributed by atoms with Crippen molar-refractivity contribution in [2.75, 3.05) is 11.9 Å². The van der Waals surface area contributed by atoms with Crippen LogP contribution in [0.1, 0.15) is 50.5 Å². The van der Waals surface area contributed by atoms with E-state index in [4.69, 9.17) is 9.88 Å². The number of hydrogen-bond donors (Lipinski definition) is 3. The highest BCUT2D eigenvalue weighted by Gasteiger charge is 2.27. The van der Waals surface area contributed by atoms with Gasteiger partial charge in [-0.05, 0) is 47.2 Å². The first-order valence-electron chi connectivity index (χ1n) is 10.7. The van der Waals surface area contributed by atoms with Gasteiger partial charge in [-0.2, -0.15) is 0 Å². The molecule has 1 atom stereocenters. The summed E-state index contributed by atoms with van der Waals surface area (Å²) in [5.41, 5.74) is 1.60. The van der Waals surface area contributed by atoms with Crippen molar-refractivity contribution in [1.82, 2.24) is 5.32 Å². The third-order valence-corrected chi connectivity index (χ3v) is 5.92. The highest BCUT2D eigenvalue weighted by atomic mass is 32.2. The Morgan fingerprint density at radius 3 is 2.18 bits per heavy atom. The summed E-state index contributed by atoms with van der Waals surface area (Å²) in [6.07, 6.45) is 0. The minimum atomic E-state index is -3.93. The topological polar surface area (TPSA) is 145 Å². The molecule has 0 saturated heterocycles. The second-order valence-electron chi connectivity index (χ2n) is 9.25. The molecule has 2 rings (SSSR count). The van der Waals surface area contributed by atoms with E-state index in [9.17, 15) is 22.8 Å². The van der Waals surface area contributed by atoms with Crippen LogP contribution in [0.3, 0.4) is 0 Å². The van der Waals surface area contributed by atoms with Crippen molar-refractivity contribution in [3.8, 4) is 0 Å². The average Bonchev–Trinajstić information content (AvgIpc) is 2.74. The van der Waals surface area contributed by atoms with Crippen LogP contribution in [0.4, 0.5) is 5.69 Å². The van der Waals surface area contributed by atoms with E-state index in [-0.39, 0.29) is 21.9 Å². The first-order chi connectivity index (χ1) is 15.7. The van der Waals surface area contributed by atoms with Crippen LogP contribution < -0.4 is 15.8 Å². The van der Waals surface area contributed by atoms with Crippen LogP contribution in [-0.4, -0.2) is 38.9 Å². The normalized spacial score (nSPS) is 12.7. The molecule has 0 aliphatic heterocycles. The Kier molecular flexibility index (Phi) is 8.57. The van der Waals surface area contributed by atoms with Crippen molar-refractivity contribution in [2.24, 2.45) is 11.1 Å². The average molecular weight is 490 g/mol. The van der Waals surface area contributed by atoms with Crippen molar-refractivity contribution < 1.29 is 27.5 Å². The van der Waals surface area contributed by atoms with Crippen LogP contribution in [0.2, 0.25) is 0 Å². The quantitative estimate of drug-likeness (QED) is 0.486. The fraction of sp³-hybridized carbons (Fsp3) is 0.375. The molecule has 184 valence electrons. The van der Waals surface area contributed by atoms with Crippen LogP contribution in [0.25, 0.3) is 0 Å². The molecule has 10 heteroatoms. The standard InChI is InChI=1S/C24H31N3O6S/c1-15(2)21(27-22(29)16-9-11-17(12-10-16)24(3,4)5)23(30)33-14-20(28)26-18-7-6-8-19(13-18)34(25,31)32/h6-13,15,21H,14H2,1-5H3,(H,26,28)(H,27,29)(H2,25,31,32)/t21-/m0/s1. The number of nitrogens with two attached hydrogens (primary N) is 1. The zero-order chi connectivity index (χ0) is 25.7. The zero-order valence-corrected chi connectivity index (χ0v) is 20.7. The SMILES string of the molecule is CC(C)[C@H](NC(=O)c1ccc(C(C)(C)C)cc1)C(=O)OCC(=O)Nc1cccc(S(N)(=O)=O)c1. The summed E-state index contributed by atoms with van der Waals surface area (Å²) in [6.45, 7) is 9.08. The summed E-state index contributed by atoms with van der Waals surface area (Å²) in [5.74, 6) is -2.16. The molecule has 4 N–H and O–H groups in total. The van der Waals surface area contributed by atoms with Gasteiger partial charge in [-0.15, -0.1) is 0 Å². The summed E-state index contributed by atoms with van der Waals surface area (Å²) in [4.78, 5) is 37.2. The lowest BCUT2D eigenvalue weighted by Gasteiger charge is -2.22. The number of carbonyl (C=O) groups excluding carboxylic acids is 3. The molecule has 0 radical (unpaired) electrons. The van der Waals surface area contributed by atoms with Gasteiger partial charge in [0.05, 0.1) is 4.90 Å². The Bertz CT molecular complexity index is 1150. The fourth-order valence-corrected chi connectivity index (χ4v) is 3.58. The largest absolute Gasteiger partial charge is 0.454 e. The number of hydrogen-bond acceptors (Lipinski definition) is 6. The Balaban J connectivity index is 1.98. The molecule has 0 fully saturated rings. The molecule has 0 unspecified atom stereocenters. The zero-order valence-electron chi connectivity index (χ0n) is 19.9. The third-order valence-electron chi connectivity index (χ3n) is 5.01. The van der Waals surface area contributed by atoms with Gasteiger partial charge in [-0.3, -0.25) is 9.59 Å². The first kappa shape index (κ1) is 27.0. The Morgan fingerprint density at radius 1 is 1.03 bits per heavy atom. The summed E-state index contributed by atoms with van der Waals surface area (Å²) in [7, 11) is -3.93. The van der Waals surface area contributed by atoms with E-state index < -0.39 is 40.5 Å². The number of sulfonamides is 1. The number of benzene rings is 2. The Hall–Kier alpha value is -3.24. The van der Waals surface area contributed by atoms with Crippen molar-refractivity contribution >= 4 is 33.5 Å².